The zero-order valence-corrected chi connectivity index (χ0v) is 34.8. The Kier molecular flexibility index (Phi) is 12.6. The number of hydrogen-bond acceptors (Lipinski definition) is 8. The van der Waals surface area contributed by atoms with Gasteiger partial charge in [-0.1, -0.05) is 43.7 Å². The van der Waals surface area contributed by atoms with Crippen LogP contribution in [0, 0.1) is 24.2 Å². The Morgan fingerprint density at radius 3 is 2.37 bits per heavy atom. The van der Waals surface area contributed by atoms with Gasteiger partial charge in [0.25, 0.3) is 0 Å². The number of piperazine rings is 1. The minimum absolute atomic E-state index is 0.00416. The maximum Gasteiger partial charge on any atom is 0.313 e. The lowest BCUT2D eigenvalue weighted by molar-refractivity contribution is -0.158. The van der Waals surface area contributed by atoms with E-state index >= 15 is 0 Å². The molecule has 0 spiro atoms. The van der Waals surface area contributed by atoms with Crippen molar-refractivity contribution in [3.05, 3.63) is 70.4 Å². The van der Waals surface area contributed by atoms with Gasteiger partial charge in [0.1, 0.15) is 0 Å². The lowest BCUT2D eigenvalue weighted by Crippen LogP contribution is -2.55. The molecule has 306 valence electrons. The standard InChI is InChI=1S/C46H62N6O5/c1-6-15-46(3,4)45(56)57-31-52-43-32(2)24-33(26-38(43)30-47-52)25-37(44(55)51-22-20-49(21-23-51)39-13-16-48(5)17-14-39)29-42(54)50-18-11-34(12-19-50)40-27-35-9-7-8-10-36(35)28-41(40)53/h7-10,24,26-27,30,34,37,39H,6,11-23,25,28-29,31H2,1-5H3/t37-/m0/s1. The molecule has 3 aliphatic heterocycles. The first kappa shape index (κ1) is 40.8. The first-order chi connectivity index (χ1) is 27.4. The van der Waals surface area contributed by atoms with E-state index in [1.165, 1.54) is 0 Å². The minimum Gasteiger partial charge on any atom is -0.442 e. The molecule has 0 bridgehead atoms. The molecule has 0 unspecified atom stereocenters. The van der Waals surface area contributed by atoms with E-state index in [4.69, 9.17) is 4.74 Å². The van der Waals surface area contributed by atoms with Crippen molar-refractivity contribution in [1.82, 2.24) is 29.4 Å². The van der Waals surface area contributed by atoms with Crippen molar-refractivity contribution < 1.29 is 23.9 Å². The average Bonchev–Trinajstić information content (AvgIpc) is 3.63. The highest BCUT2D eigenvalue weighted by Gasteiger charge is 2.35. The van der Waals surface area contributed by atoms with Crippen LogP contribution in [0.3, 0.4) is 0 Å². The molecular formula is C46H62N6O5. The molecule has 4 heterocycles. The SMILES string of the molecule is CCCC(C)(C)C(=O)OCn1ncc2cc(C[C@@H](CC(=O)N3CCC(C4=Cc5ccccc5CC4=O)CC3)C(=O)N3CCN(C4CCN(C)CC4)CC3)cc(C)c21. The number of aromatic nitrogens is 2. The molecule has 4 aliphatic rings. The fourth-order valence-electron chi connectivity index (χ4n) is 9.72. The van der Waals surface area contributed by atoms with Gasteiger partial charge in [-0.15, -0.1) is 0 Å². The number of piperidine rings is 2. The van der Waals surface area contributed by atoms with Crippen LogP contribution < -0.4 is 0 Å². The number of carbonyl (C=O) groups excluding carboxylic acids is 4. The van der Waals surface area contributed by atoms with E-state index in [2.05, 4.69) is 53.1 Å². The van der Waals surface area contributed by atoms with Gasteiger partial charge in [-0.05, 0) is 125 Å². The summed E-state index contributed by atoms with van der Waals surface area (Å²) >= 11 is 0. The number of benzene rings is 2. The predicted molar refractivity (Wildman–Crippen MR) is 222 cm³/mol. The summed E-state index contributed by atoms with van der Waals surface area (Å²) in [5.41, 5.74) is 5.38. The number of esters is 1. The topological polar surface area (TPSA) is 108 Å². The van der Waals surface area contributed by atoms with E-state index in [0.29, 0.717) is 45.1 Å². The van der Waals surface area contributed by atoms with E-state index in [0.717, 1.165) is 103 Å². The molecular weight excluding hydrogens is 717 g/mol. The van der Waals surface area contributed by atoms with Crippen molar-refractivity contribution in [3.8, 4) is 0 Å². The van der Waals surface area contributed by atoms with E-state index in [1.54, 1.807) is 10.9 Å². The van der Waals surface area contributed by atoms with Crippen molar-refractivity contribution >= 4 is 40.5 Å². The van der Waals surface area contributed by atoms with Crippen LogP contribution in [0.2, 0.25) is 0 Å². The van der Waals surface area contributed by atoms with Crippen molar-refractivity contribution in [3.63, 3.8) is 0 Å². The first-order valence-electron chi connectivity index (χ1n) is 21.3. The number of ether oxygens (including phenoxy) is 1. The third-order valence-electron chi connectivity index (χ3n) is 13.1. The molecule has 0 saturated carbocycles. The summed E-state index contributed by atoms with van der Waals surface area (Å²) in [5, 5.41) is 5.48. The van der Waals surface area contributed by atoms with Gasteiger partial charge in [0.05, 0.1) is 23.0 Å². The molecule has 1 aromatic heterocycles. The summed E-state index contributed by atoms with van der Waals surface area (Å²) in [4.78, 5) is 63.4. The normalized spacial score (nSPS) is 19.7. The number of amides is 2. The van der Waals surface area contributed by atoms with Crippen molar-refractivity contribution in [2.45, 2.75) is 98.3 Å². The number of aryl methyl sites for hydroxylation is 1. The lowest BCUT2D eigenvalue weighted by atomic mass is 9.80. The second-order valence-electron chi connectivity index (χ2n) is 17.7. The number of carbonyl (C=O) groups is 4. The zero-order chi connectivity index (χ0) is 40.3. The van der Waals surface area contributed by atoms with Crippen molar-refractivity contribution in [2.75, 3.05) is 59.4 Å². The number of nitrogens with zero attached hydrogens (tertiary/aromatic N) is 6. The maximum atomic E-state index is 14.5. The molecule has 2 amide bonds. The number of allylic oxidation sites excluding steroid dienone is 1. The van der Waals surface area contributed by atoms with Crippen LogP contribution in [0.5, 0.6) is 0 Å². The van der Waals surface area contributed by atoms with Crippen LogP contribution in [0.15, 0.2) is 48.2 Å². The third-order valence-corrected chi connectivity index (χ3v) is 13.1. The summed E-state index contributed by atoms with van der Waals surface area (Å²) in [7, 11) is 2.18. The van der Waals surface area contributed by atoms with Gasteiger partial charge in [0.2, 0.25) is 11.8 Å². The number of rotatable bonds is 12. The predicted octanol–water partition coefficient (Wildman–Crippen LogP) is 5.91. The van der Waals surface area contributed by atoms with E-state index < -0.39 is 11.3 Å². The molecule has 0 N–H and O–H groups in total. The zero-order valence-electron chi connectivity index (χ0n) is 34.8. The molecule has 2 aromatic carbocycles. The first-order valence-corrected chi connectivity index (χ1v) is 21.3. The molecule has 7 rings (SSSR count). The smallest absolute Gasteiger partial charge is 0.313 e. The van der Waals surface area contributed by atoms with Gasteiger partial charge in [0.15, 0.2) is 12.5 Å². The Balaban J connectivity index is 1.04. The molecule has 3 saturated heterocycles. The fourth-order valence-corrected chi connectivity index (χ4v) is 9.72. The van der Waals surface area contributed by atoms with Gasteiger partial charge >= 0.3 is 5.97 Å². The highest BCUT2D eigenvalue weighted by molar-refractivity contribution is 6.04. The van der Waals surface area contributed by atoms with Gasteiger partial charge in [-0.2, -0.15) is 5.10 Å². The van der Waals surface area contributed by atoms with Crippen LogP contribution in [-0.4, -0.2) is 118 Å². The second-order valence-corrected chi connectivity index (χ2v) is 17.7. The second kappa shape index (κ2) is 17.6. The lowest BCUT2D eigenvalue weighted by Gasteiger charge is -2.43. The molecule has 11 heteroatoms. The van der Waals surface area contributed by atoms with Gasteiger partial charge < -0.3 is 19.4 Å². The summed E-state index contributed by atoms with van der Waals surface area (Å²) < 4.78 is 7.44. The highest BCUT2D eigenvalue weighted by atomic mass is 16.5. The van der Waals surface area contributed by atoms with Gasteiger partial charge in [-0.3, -0.25) is 24.1 Å². The molecule has 1 atom stereocenters. The monoisotopic (exact) mass is 778 g/mol. The van der Waals surface area contributed by atoms with Crippen LogP contribution in [0.4, 0.5) is 0 Å². The summed E-state index contributed by atoms with van der Waals surface area (Å²) in [6, 6.07) is 12.8. The third kappa shape index (κ3) is 9.36. The van der Waals surface area contributed by atoms with Crippen molar-refractivity contribution in [2.24, 2.45) is 17.3 Å². The molecule has 57 heavy (non-hydrogen) atoms. The Morgan fingerprint density at radius 2 is 1.65 bits per heavy atom. The van der Waals surface area contributed by atoms with Crippen LogP contribution >= 0.6 is 0 Å². The van der Waals surface area contributed by atoms with Gasteiger partial charge in [0, 0.05) is 63.5 Å². The van der Waals surface area contributed by atoms with Crippen LogP contribution in [0.1, 0.15) is 88.0 Å². The Labute approximate surface area is 338 Å². The molecule has 1 aliphatic carbocycles. The van der Waals surface area contributed by atoms with Crippen LogP contribution in [-0.2, 0) is 43.5 Å². The summed E-state index contributed by atoms with van der Waals surface area (Å²) in [6.07, 6.45) is 10.3. The van der Waals surface area contributed by atoms with Crippen molar-refractivity contribution in [1.29, 1.82) is 0 Å². The van der Waals surface area contributed by atoms with E-state index in [1.807, 2.05) is 48.8 Å². The molecule has 0 radical (unpaired) electrons. The van der Waals surface area contributed by atoms with Crippen LogP contribution in [0.25, 0.3) is 17.0 Å². The average molecular weight is 779 g/mol. The minimum atomic E-state index is -0.562. The Morgan fingerprint density at radius 1 is 0.930 bits per heavy atom. The van der Waals surface area contributed by atoms with E-state index in [9.17, 15) is 19.2 Å². The summed E-state index contributed by atoms with van der Waals surface area (Å²) in [6.45, 7) is 14.4. The number of hydrogen-bond donors (Lipinski definition) is 0. The maximum absolute atomic E-state index is 14.5. The summed E-state index contributed by atoms with van der Waals surface area (Å²) in [5.74, 6) is -0.365. The Bertz CT molecular complexity index is 1980. The largest absolute Gasteiger partial charge is 0.442 e. The highest BCUT2D eigenvalue weighted by Crippen LogP contribution is 2.33. The number of Topliss-reactive ketones (excluding diaryl/α,β-unsaturated/α-hetero) is 1. The number of likely N-dealkylation sites (tertiary alicyclic amines) is 2. The quantitative estimate of drug-likeness (QED) is 0.209. The number of fused-ring (bicyclic) bond motifs is 2. The molecule has 3 aromatic rings. The molecule has 3 fully saturated rings. The van der Waals surface area contributed by atoms with Gasteiger partial charge in [-0.25, -0.2) is 4.68 Å². The number of ketones is 1. The fraction of sp³-hybridized carbons (Fsp3) is 0.587. The molecule has 11 nitrogen and oxygen atoms in total. The van der Waals surface area contributed by atoms with E-state index in [-0.39, 0.29) is 42.6 Å². The Hall–Kier alpha value is -4.35.